The maximum Gasteiger partial charge on any atom is 0.278 e. The van der Waals surface area contributed by atoms with Crippen molar-refractivity contribution in [2.45, 2.75) is 20.3 Å². The number of rotatable bonds is 6. The lowest BCUT2D eigenvalue weighted by molar-refractivity contribution is -0.136. The SMILES string of the molecule is CCCN1C(=O)C(Nc2cccc(C)c2)=C(c2ccc(OC)cc2)C1=O. The van der Waals surface area contributed by atoms with Gasteiger partial charge in [0.1, 0.15) is 11.4 Å². The minimum Gasteiger partial charge on any atom is -0.497 e. The van der Waals surface area contributed by atoms with Crippen LogP contribution in [0.3, 0.4) is 0 Å². The summed E-state index contributed by atoms with van der Waals surface area (Å²) in [5, 5.41) is 3.16. The number of aryl methyl sites for hydroxylation is 1. The number of nitrogens with one attached hydrogen (secondary N) is 1. The average molecular weight is 350 g/mol. The molecule has 2 aromatic carbocycles. The van der Waals surface area contributed by atoms with Crippen molar-refractivity contribution in [3.05, 3.63) is 65.4 Å². The molecule has 1 N–H and O–H groups in total. The summed E-state index contributed by atoms with van der Waals surface area (Å²) in [6.07, 6.45) is 0.713. The molecule has 0 aliphatic carbocycles. The number of hydrogen-bond acceptors (Lipinski definition) is 4. The first-order valence-electron chi connectivity index (χ1n) is 8.63. The largest absolute Gasteiger partial charge is 0.497 e. The molecule has 26 heavy (non-hydrogen) atoms. The highest BCUT2D eigenvalue weighted by Gasteiger charge is 2.38. The van der Waals surface area contributed by atoms with Crippen LogP contribution < -0.4 is 10.1 Å². The average Bonchev–Trinajstić information content (AvgIpc) is 2.87. The molecule has 0 bridgehead atoms. The van der Waals surface area contributed by atoms with Crippen LogP contribution in [0.25, 0.3) is 5.57 Å². The molecule has 134 valence electrons. The molecule has 5 heteroatoms. The van der Waals surface area contributed by atoms with Crippen molar-refractivity contribution in [3.8, 4) is 5.75 Å². The smallest absolute Gasteiger partial charge is 0.278 e. The van der Waals surface area contributed by atoms with Gasteiger partial charge in [-0.2, -0.15) is 0 Å². The fraction of sp³-hybridized carbons (Fsp3) is 0.238. The van der Waals surface area contributed by atoms with Gasteiger partial charge in [0.25, 0.3) is 11.8 Å². The summed E-state index contributed by atoms with van der Waals surface area (Å²) in [6.45, 7) is 4.32. The molecule has 1 aliphatic rings. The van der Waals surface area contributed by atoms with E-state index in [4.69, 9.17) is 4.74 Å². The van der Waals surface area contributed by atoms with E-state index in [1.807, 2.05) is 38.1 Å². The van der Waals surface area contributed by atoms with Crippen LogP contribution in [0.1, 0.15) is 24.5 Å². The predicted octanol–water partition coefficient (Wildman–Crippen LogP) is 3.61. The molecule has 0 saturated carbocycles. The second-order valence-electron chi connectivity index (χ2n) is 6.23. The van der Waals surface area contributed by atoms with Gasteiger partial charge < -0.3 is 10.1 Å². The van der Waals surface area contributed by atoms with Gasteiger partial charge in [-0.25, -0.2) is 0 Å². The van der Waals surface area contributed by atoms with E-state index in [1.165, 1.54) is 4.90 Å². The van der Waals surface area contributed by atoms with Gasteiger partial charge >= 0.3 is 0 Å². The number of hydrogen-bond donors (Lipinski definition) is 1. The van der Waals surface area contributed by atoms with Gasteiger partial charge in [-0.15, -0.1) is 0 Å². The zero-order chi connectivity index (χ0) is 18.7. The maximum atomic E-state index is 12.9. The van der Waals surface area contributed by atoms with Crippen molar-refractivity contribution >= 4 is 23.1 Å². The Bertz CT molecular complexity index is 869. The van der Waals surface area contributed by atoms with Crippen LogP contribution in [-0.4, -0.2) is 30.4 Å². The van der Waals surface area contributed by atoms with Crippen molar-refractivity contribution < 1.29 is 14.3 Å². The third kappa shape index (κ3) is 3.33. The molecule has 0 atom stereocenters. The van der Waals surface area contributed by atoms with Crippen molar-refractivity contribution in [1.82, 2.24) is 4.90 Å². The number of anilines is 1. The maximum absolute atomic E-state index is 12.9. The number of nitrogens with zero attached hydrogens (tertiary/aromatic N) is 1. The Hall–Kier alpha value is -3.08. The Balaban J connectivity index is 2.05. The van der Waals surface area contributed by atoms with Crippen LogP contribution in [0.4, 0.5) is 5.69 Å². The topological polar surface area (TPSA) is 58.6 Å². The van der Waals surface area contributed by atoms with Gasteiger partial charge in [-0.1, -0.05) is 31.2 Å². The van der Waals surface area contributed by atoms with Crippen molar-refractivity contribution in [1.29, 1.82) is 0 Å². The summed E-state index contributed by atoms with van der Waals surface area (Å²) in [5.74, 6) is 0.145. The molecule has 2 aromatic rings. The summed E-state index contributed by atoms with van der Waals surface area (Å²) in [4.78, 5) is 27.1. The highest BCUT2D eigenvalue weighted by atomic mass is 16.5. The lowest BCUT2D eigenvalue weighted by atomic mass is 10.0. The molecule has 0 spiro atoms. The van der Waals surface area contributed by atoms with Gasteiger partial charge in [0, 0.05) is 12.2 Å². The van der Waals surface area contributed by atoms with E-state index in [2.05, 4.69) is 5.32 Å². The van der Waals surface area contributed by atoms with Gasteiger partial charge in [0.05, 0.1) is 12.7 Å². The fourth-order valence-corrected chi connectivity index (χ4v) is 3.01. The number of amides is 2. The van der Waals surface area contributed by atoms with Gasteiger partial charge in [-0.05, 0) is 48.7 Å². The summed E-state index contributed by atoms with van der Waals surface area (Å²) < 4.78 is 5.18. The van der Waals surface area contributed by atoms with Gasteiger partial charge in [0.15, 0.2) is 0 Å². The van der Waals surface area contributed by atoms with E-state index in [9.17, 15) is 9.59 Å². The molecular formula is C21H22N2O3. The Labute approximate surface area is 153 Å². The molecular weight excluding hydrogens is 328 g/mol. The highest BCUT2D eigenvalue weighted by molar-refractivity contribution is 6.36. The summed E-state index contributed by atoms with van der Waals surface area (Å²) in [6, 6.07) is 14.9. The van der Waals surface area contributed by atoms with Crippen LogP contribution >= 0.6 is 0 Å². The van der Waals surface area contributed by atoms with E-state index >= 15 is 0 Å². The second kappa shape index (κ2) is 7.44. The Kier molecular flexibility index (Phi) is 5.07. The normalized spacial score (nSPS) is 14.2. The zero-order valence-electron chi connectivity index (χ0n) is 15.2. The lowest BCUT2D eigenvalue weighted by Crippen LogP contribution is -2.33. The van der Waals surface area contributed by atoms with Crippen molar-refractivity contribution in [2.75, 3.05) is 19.0 Å². The number of ether oxygens (including phenoxy) is 1. The van der Waals surface area contributed by atoms with Gasteiger partial charge in [0.2, 0.25) is 0 Å². The Morgan fingerprint density at radius 2 is 1.77 bits per heavy atom. The summed E-state index contributed by atoms with van der Waals surface area (Å²) >= 11 is 0. The first kappa shape index (κ1) is 17.7. The molecule has 1 aliphatic heterocycles. The minimum absolute atomic E-state index is 0.267. The Morgan fingerprint density at radius 1 is 1.04 bits per heavy atom. The van der Waals surface area contributed by atoms with Crippen LogP contribution in [-0.2, 0) is 9.59 Å². The molecule has 0 aromatic heterocycles. The van der Waals surface area contributed by atoms with E-state index in [0.29, 0.717) is 35.5 Å². The molecule has 2 amide bonds. The molecule has 0 fully saturated rings. The molecule has 3 rings (SSSR count). The van der Waals surface area contributed by atoms with E-state index in [0.717, 1.165) is 11.3 Å². The van der Waals surface area contributed by atoms with Crippen LogP contribution in [0, 0.1) is 6.92 Å². The standard InChI is InChI=1S/C21H22N2O3/c1-4-12-23-20(24)18(15-8-10-17(26-3)11-9-15)19(21(23)25)22-16-7-5-6-14(2)13-16/h5-11,13,22H,4,12H2,1-3H3. The second-order valence-corrected chi connectivity index (χ2v) is 6.23. The minimum atomic E-state index is -0.288. The molecule has 0 radical (unpaired) electrons. The van der Waals surface area contributed by atoms with Crippen LogP contribution in [0.15, 0.2) is 54.2 Å². The Morgan fingerprint density at radius 3 is 2.38 bits per heavy atom. The van der Waals surface area contributed by atoms with Crippen molar-refractivity contribution in [2.24, 2.45) is 0 Å². The summed E-state index contributed by atoms with van der Waals surface area (Å²) in [7, 11) is 1.59. The zero-order valence-corrected chi connectivity index (χ0v) is 15.2. The van der Waals surface area contributed by atoms with E-state index < -0.39 is 0 Å². The lowest BCUT2D eigenvalue weighted by Gasteiger charge is -2.13. The molecule has 0 unspecified atom stereocenters. The number of carbonyl (C=O) groups excluding carboxylic acids is 2. The molecule has 1 heterocycles. The van der Waals surface area contributed by atoms with E-state index in [1.54, 1.807) is 31.4 Å². The molecule has 0 saturated heterocycles. The van der Waals surface area contributed by atoms with Gasteiger partial charge in [-0.3, -0.25) is 14.5 Å². The number of methoxy groups -OCH3 is 1. The van der Waals surface area contributed by atoms with Crippen molar-refractivity contribution in [3.63, 3.8) is 0 Å². The third-order valence-corrected chi connectivity index (χ3v) is 4.28. The number of imide groups is 1. The van der Waals surface area contributed by atoms with E-state index in [-0.39, 0.29) is 11.8 Å². The summed E-state index contributed by atoms with van der Waals surface area (Å²) in [5.41, 5.74) is 3.26. The van der Waals surface area contributed by atoms with Crippen LogP contribution in [0.5, 0.6) is 5.75 Å². The quantitative estimate of drug-likeness (QED) is 0.809. The first-order valence-corrected chi connectivity index (χ1v) is 8.63. The predicted molar refractivity (Wildman–Crippen MR) is 102 cm³/mol. The highest BCUT2D eigenvalue weighted by Crippen LogP contribution is 2.31. The third-order valence-electron chi connectivity index (χ3n) is 4.28. The number of carbonyl (C=O) groups is 2. The fourth-order valence-electron chi connectivity index (χ4n) is 3.01. The van der Waals surface area contributed by atoms with Crippen LogP contribution in [0.2, 0.25) is 0 Å². The number of benzene rings is 2. The first-order chi connectivity index (χ1) is 12.5. The molecule has 5 nitrogen and oxygen atoms in total. The monoisotopic (exact) mass is 350 g/mol.